The van der Waals surface area contributed by atoms with Crippen LogP contribution in [0.15, 0.2) is 54.1 Å². The van der Waals surface area contributed by atoms with Crippen molar-refractivity contribution in [3.8, 4) is 11.8 Å². The largest absolute Gasteiger partial charge is 0.496 e. The number of para-hydroxylation sites is 1. The van der Waals surface area contributed by atoms with Gasteiger partial charge in [0.05, 0.1) is 19.3 Å². The number of methoxy groups -OCH3 is 1. The molecule has 0 radical (unpaired) electrons. The predicted octanol–water partition coefficient (Wildman–Crippen LogP) is 3.42. The van der Waals surface area contributed by atoms with Gasteiger partial charge in [-0.25, -0.2) is 4.79 Å². The smallest absolute Gasteiger partial charge is 0.338 e. The van der Waals surface area contributed by atoms with Crippen LogP contribution in [0.25, 0.3) is 6.08 Å². The maximum atomic E-state index is 12.4. The van der Waals surface area contributed by atoms with Crippen molar-refractivity contribution in [1.29, 1.82) is 5.26 Å². The molecule has 6 heteroatoms. The summed E-state index contributed by atoms with van der Waals surface area (Å²) in [6.45, 7) is 1.97. The van der Waals surface area contributed by atoms with Gasteiger partial charge in [-0.1, -0.05) is 24.3 Å². The third-order valence-corrected chi connectivity index (χ3v) is 3.44. The van der Waals surface area contributed by atoms with Crippen molar-refractivity contribution >= 4 is 23.6 Å². The highest BCUT2D eigenvalue weighted by molar-refractivity contribution is 6.10. The second-order valence-corrected chi connectivity index (χ2v) is 5.17. The van der Waals surface area contributed by atoms with Gasteiger partial charge in [-0.15, -0.1) is 0 Å². The molecule has 0 fully saturated rings. The second kappa shape index (κ2) is 9.04. The molecule has 0 atom stereocenters. The summed E-state index contributed by atoms with van der Waals surface area (Å²) in [5.74, 6) is -0.509. The van der Waals surface area contributed by atoms with E-state index in [-0.39, 0.29) is 12.2 Å². The number of carbonyl (C=O) groups is 2. The van der Waals surface area contributed by atoms with Gasteiger partial charge in [0, 0.05) is 11.3 Å². The van der Waals surface area contributed by atoms with E-state index in [4.69, 9.17) is 9.47 Å². The van der Waals surface area contributed by atoms with E-state index in [2.05, 4.69) is 5.32 Å². The summed E-state index contributed by atoms with van der Waals surface area (Å²) < 4.78 is 10.1. The van der Waals surface area contributed by atoms with Crippen molar-refractivity contribution in [2.75, 3.05) is 19.0 Å². The van der Waals surface area contributed by atoms with Gasteiger partial charge in [-0.2, -0.15) is 5.26 Å². The lowest BCUT2D eigenvalue weighted by Crippen LogP contribution is -2.14. The third-order valence-electron chi connectivity index (χ3n) is 3.44. The summed E-state index contributed by atoms with van der Waals surface area (Å²) in [5.41, 5.74) is 1.23. The molecular weight excluding hydrogens is 332 g/mol. The minimum atomic E-state index is -0.584. The average molecular weight is 350 g/mol. The summed E-state index contributed by atoms with van der Waals surface area (Å²) in [5, 5.41) is 11.9. The number of hydrogen-bond donors (Lipinski definition) is 1. The van der Waals surface area contributed by atoms with Gasteiger partial charge >= 0.3 is 5.97 Å². The summed E-state index contributed by atoms with van der Waals surface area (Å²) in [7, 11) is 1.51. The second-order valence-electron chi connectivity index (χ2n) is 5.17. The topological polar surface area (TPSA) is 88.4 Å². The minimum Gasteiger partial charge on any atom is -0.496 e. The first kappa shape index (κ1) is 18.7. The molecule has 132 valence electrons. The van der Waals surface area contributed by atoms with E-state index in [1.807, 2.05) is 6.07 Å². The monoisotopic (exact) mass is 350 g/mol. The Hall–Kier alpha value is -3.59. The standard InChI is InChI=1S/C20H18N2O4/c1-3-26-20(24)15-8-6-9-17(12-15)22-19(23)16(13-21)11-14-7-4-5-10-18(14)25-2/h4-12H,3H2,1-2H3,(H,22,23)/b16-11+. The first-order valence-corrected chi connectivity index (χ1v) is 7.92. The molecule has 0 unspecified atom stereocenters. The zero-order valence-electron chi connectivity index (χ0n) is 14.5. The molecule has 0 aliphatic rings. The number of carbonyl (C=O) groups excluding carboxylic acids is 2. The number of rotatable bonds is 6. The zero-order valence-corrected chi connectivity index (χ0v) is 14.5. The van der Waals surface area contributed by atoms with Gasteiger partial charge in [0.15, 0.2) is 0 Å². The van der Waals surface area contributed by atoms with Crippen LogP contribution in [0.1, 0.15) is 22.8 Å². The Balaban J connectivity index is 2.22. The molecule has 1 amide bonds. The van der Waals surface area contributed by atoms with E-state index in [0.29, 0.717) is 22.6 Å². The lowest BCUT2D eigenvalue weighted by molar-refractivity contribution is -0.112. The predicted molar refractivity (Wildman–Crippen MR) is 97.6 cm³/mol. The molecule has 0 saturated carbocycles. The van der Waals surface area contributed by atoms with Crippen LogP contribution >= 0.6 is 0 Å². The number of nitrogens with one attached hydrogen (secondary N) is 1. The molecule has 2 rings (SSSR count). The van der Waals surface area contributed by atoms with Crippen LogP contribution in [0.4, 0.5) is 5.69 Å². The van der Waals surface area contributed by atoms with Crippen molar-refractivity contribution < 1.29 is 19.1 Å². The Morgan fingerprint density at radius 2 is 1.96 bits per heavy atom. The molecule has 0 saturated heterocycles. The average Bonchev–Trinajstić information content (AvgIpc) is 2.66. The van der Waals surface area contributed by atoms with Crippen molar-refractivity contribution in [3.05, 3.63) is 65.2 Å². The number of nitrogens with zero attached hydrogens (tertiary/aromatic N) is 1. The molecule has 2 aromatic rings. The zero-order chi connectivity index (χ0) is 18.9. The van der Waals surface area contributed by atoms with Crippen LogP contribution < -0.4 is 10.1 Å². The van der Waals surface area contributed by atoms with E-state index in [1.165, 1.54) is 19.3 Å². The fraction of sp³-hybridized carbons (Fsp3) is 0.150. The molecule has 2 aromatic carbocycles. The first-order chi connectivity index (χ1) is 12.6. The SMILES string of the molecule is CCOC(=O)c1cccc(NC(=O)/C(C#N)=C/c2ccccc2OC)c1. The summed E-state index contributed by atoms with van der Waals surface area (Å²) in [6, 6.07) is 15.3. The van der Waals surface area contributed by atoms with Gasteiger partial charge in [0.2, 0.25) is 0 Å². The van der Waals surface area contributed by atoms with Crippen LogP contribution in [-0.4, -0.2) is 25.6 Å². The van der Waals surface area contributed by atoms with E-state index in [1.54, 1.807) is 49.4 Å². The van der Waals surface area contributed by atoms with Gasteiger partial charge in [-0.3, -0.25) is 4.79 Å². The fourth-order valence-electron chi connectivity index (χ4n) is 2.23. The molecule has 0 heterocycles. The lowest BCUT2D eigenvalue weighted by Gasteiger charge is -2.08. The van der Waals surface area contributed by atoms with Crippen LogP contribution in [0, 0.1) is 11.3 Å². The molecule has 1 N–H and O–H groups in total. The van der Waals surface area contributed by atoms with Crippen LogP contribution in [0.2, 0.25) is 0 Å². The number of hydrogen-bond acceptors (Lipinski definition) is 5. The van der Waals surface area contributed by atoms with Crippen molar-refractivity contribution in [2.45, 2.75) is 6.92 Å². The Morgan fingerprint density at radius 1 is 1.19 bits per heavy atom. The highest BCUT2D eigenvalue weighted by Gasteiger charge is 2.13. The maximum Gasteiger partial charge on any atom is 0.338 e. The molecule has 6 nitrogen and oxygen atoms in total. The highest BCUT2D eigenvalue weighted by Crippen LogP contribution is 2.21. The molecule has 0 bridgehead atoms. The lowest BCUT2D eigenvalue weighted by atomic mass is 10.1. The number of amides is 1. The fourth-order valence-corrected chi connectivity index (χ4v) is 2.23. The number of benzene rings is 2. The molecule has 0 aromatic heterocycles. The third kappa shape index (κ3) is 4.71. The van der Waals surface area contributed by atoms with Crippen LogP contribution in [0.3, 0.4) is 0 Å². The van der Waals surface area contributed by atoms with E-state index >= 15 is 0 Å². The van der Waals surface area contributed by atoms with Crippen molar-refractivity contribution in [1.82, 2.24) is 0 Å². The summed E-state index contributed by atoms with van der Waals surface area (Å²) >= 11 is 0. The highest BCUT2D eigenvalue weighted by atomic mass is 16.5. The van der Waals surface area contributed by atoms with Gasteiger partial charge in [0.25, 0.3) is 5.91 Å². The summed E-state index contributed by atoms with van der Waals surface area (Å²) in [6.07, 6.45) is 1.45. The van der Waals surface area contributed by atoms with Gasteiger partial charge in [-0.05, 0) is 37.3 Å². The minimum absolute atomic E-state index is 0.0870. The number of esters is 1. The Morgan fingerprint density at radius 3 is 2.65 bits per heavy atom. The molecule has 0 aliphatic heterocycles. The Bertz CT molecular complexity index is 881. The van der Waals surface area contributed by atoms with Crippen molar-refractivity contribution in [2.24, 2.45) is 0 Å². The molecular formula is C20H18N2O4. The Labute approximate surface area is 151 Å². The quantitative estimate of drug-likeness (QED) is 0.490. The molecule has 26 heavy (non-hydrogen) atoms. The van der Waals surface area contributed by atoms with Crippen molar-refractivity contribution in [3.63, 3.8) is 0 Å². The van der Waals surface area contributed by atoms with E-state index in [0.717, 1.165) is 0 Å². The summed E-state index contributed by atoms with van der Waals surface area (Å²) in [4.78, 5) is 24.2. The Kier molecular flexibility index (Phi) is 6.52. The molecule has 0 aliphatic carbocycles. The number of nitriles is 1. The normalized spacial score (nSPS) is 10.6. The number of anilines is 1. The van der Waals surface area contributed by atoms with Crippen LogP contribution in [-0.2, 0) is 9.53 Å². The van der Waals surface area contributed by atoms with Gasteiger partial charge in [0.1, 0.15) is 17.4 Å². The van der Waals surface area contributed by atoms with Gasteiger partial charge < -0.3 is 14.8 Å². The number of ether oxygens (including phenoxy) is 2. The van der Waals surface area contributed by atoms with Crippen LogP contribution in [0.5, 0.6) is 5.75 Å². The maximum absolute atomic E-state index is 12.4. The molecule has 0 spiro atoms. The van der Waals surface area contributed by atoms with E-state index < -0.39 is 11.9 Å². The van der Waals surface area contributed by atoms with E-state index in [9.17, 15) is 14.9 Å². The first-order valence-electron chi connectivity index (χ1n) is 7.92.